The van der Waals surface area contributed by atoms with Crippen LogP contribution in [0.2, 0.25) is 0 Å². The van der Waals surface area contributed by atoms with Gasteiger partial charge in [0.1, 0.15) is 5.69 Å². The van der Waals surface area contributed by atoms with Gasteiger partial charge in [0.05, 0.1) is 12.8 Å². The van der Waals surface area contributed by atoms with Gasteiger partial charge in [0.2, 0.25) is 0 Å². The predicted octanol–water partition coefficient (Wildman–Crippen LogP) is 2.10. The Morgan fingerprint density at radius 1 is 1.30 bits per heavy atom. The first-order valence-electron chi connectivity index (χ1n) is 8.76. The number of benzene rings is 1. The number of aromatic nitrogens is 3. The molecule has 7 heteroatoms. The smallest absolute Gasteiger partial charge is 0.254 e. The Balaban J connectivity index is 1.58. The van der Waals surface area contributed by atoms with E-state index in [2.05, 4.69) is 19.9 Å². The standard InChI is InChI=1S/C20H20N4O3/c1-27-18-6-5-13(10-17(18)25)11-24-9-7-14-16(12-24)22-19(23-20(14)26)15-4-2-3-8-21-15/h2-6,8,10,25H,7,9,11-12H2,1H3,(H,22,23,26). The van der Waals surface area contributed by atoms with Crippen molar-refractivity contribution in [2.24, 2.45) is 0 Å². The van der Waals surface area contributed by atoms with E-state index in [0.29, 0.717) is 36.8 Å². The number of hydrogen-bond acceptors (Lipinski definition) is 6. The van der Waals surface area contributed by atoms with E-state index < -0.39 is 0 Å². The van der Waals surface area contributed by atoms with Crippen LogP contribution in [0.3, 0.4) is 0 Å². The first-order chi connectivity index (χ1) is 13.1. The van der Waals surface area contributed by atoms with Crippen LogP contribution < -0.4 is 10.3 Å². The summed E-state index contributed by atoms with van der Waals surface area (Å²) in [5, 5.41) is 9.97. The summed E-state index contributed by atoms with van der Waals surface area (Å²) in [6, 6.07) is 10.9. The third-order valence-electron chi connectivity index (χ3n) is 4.71. The Hall–Kier alpha value is -3.19. The first kappa shape index (κ1) is 17.2. The normalized spacial score (nSPS) is 14.0. The van der Waals surface area contributed by atoms with Gasteiger partial charge in [-0.1, -0.05) is 12.1 Å². The fourth-order valence-corrected chi connectivity index (χ4v) is 3.35. The maximum atomic E-state index is 12.4. The van der Waals surface area contributed by atoms with Gasteiger partial charge in [-0.25, -0.2) is 4.98 Å². The van der Waals surface area contributed by atoms with Crippen molar-refractivity contribution in [3.05, 3.63) is 69.8 Å². The average molecular weight is 364 g/mol. The van der Waals surface area contributed by atoms with Crippen molar-refractivity contribution in [3.8, 4) is 23.0 Å². The number of ether oxygens (including phenoxy) is 1. The van der Waals surface area contributed by atoms with Crippen molar-refractivity contribution in [1.82, 2.24) is 19.9 Å². The highest BCUT2D eigenvalue weighted by Crippen LogP contribution is 2.27. The van der Waals surface area contributed by atoms with Gasteiger partial charge in [-0.15, -0.1) is 0 Å². The lowest BCUT2D eigenvalue weighted by Crippen LogP contribution is -2.35. The first-order valence-corrected chi connectivity index (χ1v) is 8.76. The van der Waals surface area contributed by atoms with Crippen molar-refractivity contribution >= 4 is 0 Å². The molecule has 0 fully saturated rings. The number of fused-ring (bicyclic) bond motifs is 1. The van der Waals surface area contributed by atoms with Crippen molar-refractivity contribution in [1.29, 1.82) is 0 Å². The molecule has 0 aliphatic carbocycles. The van der Waals surface area contributed by atoms with E-state index in [9.17, 15) is 9.90 Å². The highest BCUT2D eigenvalue weighted by molar-refractivity contribution is 5.49. The second-order valence-corrected chi connectivity index (χ2v) is 6.52. The number of pyridine rings is 1. The molecule has 138 valence electrons. The lowest BCUT2D eigenvalue weighted by atomic mass is 10.1. The van der Waals surface area contributed by atoms with Crippen LogP contribution in [0.25, 0.3) is 11.5 Å². The number of phenolic OH excluding ortho intramolecular Hbond substituents is 1. The molecule has 0 saturated heterocycles. The Bertz CT molecular complexity index is 1020. The molecule has 3 aromatic rings. The lowest BCUT2D eigenvalue weighted by Gasteiger charge is -2.27. The van der Waals surface area contributed by atoms with Gasteiger partial charge in [-0.05, 0) is 36.2 Å². The number of aromatic hydroxyl groups is 1. The van der Waals surface area contributed by atoms with Crippen LogP contribution in [0.1, 0.15) is 16.8 Å². The number of H-pyrrole nitrogens is 1. The Morgan fingerprint density at radius 3 is 2.93 bits per heavy atom. The summed E-state index contributed by atoms with van der Waals surface area (Å²) in [5.41, 5.74) is 3.05. The lowest BCUT2D eigenvalue weighted by molar-refractivity contribution is 0.240. The summed E-state index contributed by atoms with van der Waals surface area (Å²) in [7, 11) is 1.53. The van der Waals surface area contributed by atoms with Gasteiger partial charge >= 0.3 is 0 Å². The zero-order valence-corrected chi connectivity index (χ0v) is 15.0. The third kappa shape index (κ3) is 3.54. The van der Waals surface area contributed by atoms with E-state index in [0.717, 1.165) is 23.4 Å². The zero-order valence-electron chi connectivity index (χ0n) is 15.0. The monoisotopic (exact) mass is 364 g/mol. The van der Waals surface area contributed by atoms with Crippen LogP contribution in [0.5, 0.6) is 11.5 Å². The van der Waals surface area contributed by atoms with Crippen LogP contribution in [-0.4, -0.2) is 38.6 Å². The number of hydrogen-bond donors (Lipinski definition) is 2. The largest absolute Gasteiger partial charge is 0.504 e. The topological polar surface area (TPSA) is 91.3 Å². The summed E-state index contributed by atoms with van der Waals surface area (Å²) < 4.78 is 5.09. The predicted molar refractivity (Wildman–Crippen MR) is 101 cm³/mol. The van der Waals surface area contributed by atoms with E-state index in [1.807, 2.05) is 24.3 Å². The van der Waals surface area contributed by atoms with Gasteiger partial charge in [0.25, 0.3) is 5.56 Å². The van der Waals surface area contributed by atoms with E-state index in [-0.39, 0.29) is 11.3 Å². The number of nitrogens with zero attached hydrogens (tertiary/aromatic N) is 3. The quantitative estimate of drug-likeness (QED) is 0.737. The average Bonchev–Trinajstić information content (AvgIpc) is 2.68. The van der Waals surface area contributed by atoms with E-state index in [1.165, 1.54) is 7.11 Å². The highest BCUT2D eigenvalue weighted by atomic mass is 16.5. The number of phenols is 1. The molecule has 4 rings (SSSR count). The molecule has 0 radical (unpaired) electrons. The van der Waals surface area contributed by atoms with Crippen molar-refractivity contribution in [2.75, 3.05) is 13.7 Å². The minimum atomic E-state index is -0.0950. The van der Waals surface area contributed by atoms with Crippen LogP contribution in [0, 0.1) is 0 Å². The Labute approximate surface area is 156 Å². The summed E-state index contributed by atoms with van der Waals surface area (Å²) in [5.74, 6) is 1.07. The molecule has 0 bridgehead atoms. The Kier molecular flexibility index (Phi) is 4.60. The van der Waals surface area contributed by atoms with Crippen molar-refractivity contribution in [2.45, 2.75) is 19.5 Å². The van der Waals surface area contributed by atoms with Gasteiger partial charge in [0.15, 0.2) is 17.3 Å². The number of methoxy groups -OCH3 is 1. The fourth-order valence-electron chi connectivity index (χ4n) is 3.35. The highest BCUT2D eigenvalue weighted by Gasteiger charge is 2.22. The molecule has 27 heavy (non-hydrogen) atoms. The Morgan fingerprint density at radius 2 is 2.19 bits per heavy atom. The molecular weight excluding hydrogens is 344 g/mol. The van der Waals surface area contributed by atoms with Crippen LogP contribution >= 0.6 is 0 Å². The van der Waals surface area contributed by atoms with Crippen molar-refractivity contribution < 1.29 is 9.84 Å². The molecular formula is C20H20N4O3. The minimum absolute atomic E-state index is 0.0950. The van der Waals surface area contributed by atoms with Crippen LogP contribution in [-0.2, 0) is 19.5 Å². The molecule has 3 heterocycles. The summed E-state index contributed by atoms with van der Waals surface area (Å²) in [6.45, 7) is 1.99. The molecule has 1 aromatic carbocycles. The maximum absolute atomic E-state index is 12.4. The number of rotatable bonds is 4. The van der Waals surface area contributed by atoms with E-state index >= 15 is 0 Å². The second kappa shape index (κ2) is 7.20. The molecule has 0 atom stereocenters. The second-order valence-electron chi connectivity index (χ2n) is 6.52. The molecule has 2 N–H and O–H groups in total. The van der Waals surface area contributed by atoms with E-state index in [1.54, 1.807) is 18.3 Å². The summed E-state index contributed by atoms with van der Waals surface area (Å²) in [6.07, 6.45) is 2.32. The SMILES string of the molecule is COc1ccc(CN2CCc3c(nc(-c4ccccn4)[nH]c3=O)C2)cc1O. The molecule has 0 unspecified atom stereocenters. The third-order valence-corrected chi connectivity index (χ3v) is 4.71. The molecule has 2 aromatic heterocycles. The molecule has 0 amide bonds. The fraction of sp³-hybridized carbons (Fsp3) is 0.250. The molecule has 0 spiro atoms. The van der Waals surface area contributed by atoms with Gasteiger partial charge in [0, 0.05) is 31.4 Å². The van der Waals surface area contributed by atoms with Gasteiger partial charge in [-0.2, -0.15) is 0 Å². The minimum Gasteiger partial charge on any atom is -0.504 e. The summed E-state index contributed by atoms with van der Waals surface area (Å²) in [4.78, 5) is 26.4. The molecule has 1 aliphatic heterocycles. The molecule has 7 nitrogen and oxygen atoms in total. The van der Waals surface area contributed by atoms with Crippen molar-refractivity contribution in [3.63, 3.8) is 0 Å². The zero-order chi connectivity index (χ0) is 18.8. The number of aromatic amines is 1. The summed E-state index contributed by atoms with van der Waals surface area (Å²) >= 11 is 0. The molecule has 1 aliphatic rings. The van der Waals surface area contributed by atoms with Crippen LogP contribution in [0.15, 0.2) is 47.4 Å². The molecule has 0 saturated carbocycles. The van der Waals surface area contributed by atoms with Gasteiger partial charge in [-0.3, -0.25) is 14.7 Å². The maximum Gasteiger partial charge on any atom is 0.254 e. The number of nitrogens with one attached hydrogen (secondary N) is 1. The van der Waals surface area contributed by atoms with Gasteiger partial charge < -0.3 is 14.8 Å². The van der Waals surface area contributed by atoms with Crippen LogP contribution in [0.4, 0.5) is 0 Å². The van der Waals surface area contributed by atoms with E-state index in [4.69, 9.17) is 4.74 Å².